The Morgan fingerprint density at radius 1 is 0.616 bits per heavy atom. The number of phenolic OH excluding ortho intramolecular Hbond substituents is 1. The number of ether oxygens (including phenoxy) is 2. The summed E-state index contributed by atoms with van der Waals surface area (Å²) >= 11 is 25.7. The number of phenols is 1. The van der Waals surface area contributed by atoms with E-state index in [1.165, 1.54) is 18.2 Å². The summed E-state index contributed by atoms with van der Waals surface area (Å²) in [7, 11) is -0.520. The molecule has 11 rings (SSSR count). The number of halogens is 6. The van der Waals surface area contributed by atoms with Crippen molar-refractivity contribution < 1.29 is 57.3 Å². The van der Waals surface area contributed by atoms with E-state index in [1.54, 1.807) is 67.6 Å². The van der Waals surface area contributed by atoms with Crippen molar-refractivity contribution in [1.29, 1.82) is 0 Å². The number of benzene rings is 6. The molecule has 73 heavy (non-hydrogen) atoms. The molecule has 0 amide bonds. The molecule has 0 bridgehead atoms. The highest BCUT2D eigenvalue weighted by atomic mass is 35.5. The normalized spacial score (nSPS) is 15.5. The van der Waals surface area contributed by atoms with Crippen molar-refractivity contribution in [1.82, 2.24) is 10.3 Å². The van der Waals surface area contributed by atoms with Crippen molar-refractivity contribution in [3.05, 3.63) is 151 Å². The van der Waals surface area contributed by atoms with Crippen molar-refractivity contribution in [3.63, 3.8) is 0 Å². The first kappa shape index (κ1) is 53.8. The quantitative estimate of drug-likeness (QED) is 0.0550. The molecule has 1 saturated heterocycles. The highest BCUT2D eigenvalue weighted by Gasteiger charge is 2.51. The molecule has 2 aromatic heterocycles. The molecular formula is C54H51BCl4F2N2O10. The summed E-state index contributed by atoms with van der Waals surface area (Å²) in [6.07, 6.45) is 4.03. The number of aliphatic hydroxyl groups excluding tert-OH is 1. The van der Waals surface area contributed by atoms with Gasteiger partial charge in [-0.1, -0.05) is 99.2 Å². The van der Waals surface area contributed by atoms with Crippen LogP contribution in [0.3, 0.4) is 0 Å². The van der Waals surface area contributed by atoms with Crippen molar-refractivity contribution in [2.45, 2.75) is 96.6 Å². The largest absolute Gasteiger partial charge is 0.508 e. The fraction of sp³-hybridized carbons (Fsp3) is 0.296. The van der Waals surface area contributed by atoms with Gasteiger partial charge in [0.25, 0.3) is 0 Å². The van der Waals surface area contributed by atoms with Crippen LogP contribution in [-0.2, 0) is 22.5 Å². The van der Waals surface area contributed by atoms with Gasteiger partial charge in [-0.15, -0.1) is 0 Å². The smallest absolute Gasteiger partial charge is 0.494 e. The molecule has 3 aliphatic rings. The monoisotopic (exact) mass is 1080 g/mol. The molecule has 382 valence electrons. The van der Waals surface area contributed by atoms with Crippen molar-refractivity contribution in [3.8, 4) is 39.8 Å². The van der Waals surface area contributed by atoms with Gasteiger partial charge < -0.3 is 38.0 Å². The number of aliphatic hydroxyl groups is 1. The molecule has 12 nitrogen and oxygen atoms in total. The van der Waals surface area contributed by atoms with Crippen LogP contribution in [-0.4, -0.2) is 56.0 Å². The van der Waals surface area contributed by atoms with E-state index in [1.807, 2.05) is 45.9 Å². The van der Waals surface area contributed by atoms with Crippen LogP contribution >= 0.6 is 46.4 Å². The molecule has 3 fully saturated rings. The Hall–Kier alpha value is -5.46. The zero-order valence-electron chi connectivity index (χ0n) is 40.3. The van der Waals surface area contributed by atoms with Gasteiger partial charge in [0.1, 0.15) is 41.9 Å². The van der Waals surface area contributed by atoms with Crippen LogP contribution in [0.15, 0.2) is 106 Å². The van der Waals surface area contributed by atoms with E-state index in [2.05, 4.69) is 10.3 Å². The minimum atomic E-state index is -0.520. The SMILES string of the molecule is CC1(C)OB(c2ccc3c(F)c(OCc4c(-c5c(Cl)cccc5Cl)noc4C4CC4)ccc3c2)OC1(C)C.CCO.OO.Oc1ccc2c(F)c(OCc3c(-c4c(Cl)cccc4Cl)noc3C3CC3)ccc2c1. The summed E-state index contributed by atoms with van der Waals surface area (Å²) in [6, 6.07) is 27.2. The highest BCUT2D eigenvalue weighted by Crippen LogP contribution is 2.48. The van der Waals surface area contributed by atoms with Gasteiger partial charge in [-0.3, -0.25) is 10.5 Å². The van der Waals surface area contributed by atoms with Crippen LogP contribution in [0.25, 0.3) is 44.1 Å². The molecule has 4 N–H and O–H groups in total. The number of aromatic nitrogens is 2. The molecule has 8 aromatic rings. The molecule has 0 radical (unpaired) electrons. The number of aromatic hydroxyl groups is 1. The lowest BCUT2D eigenvalue weighted by atomic mass is 9.78. The second kappa shape index (κ2) is 22.6. The van der Waals surface area contributed by atoms with E-state index < -0.39 is 30.0 Å². The topological polar surface area (TPSA) is 170 Å². The molecule has 0 atom stereocenters. The fourth-order valence-electron chi connectivity index (χ4n) is 8.29. The van der Waals surface area contributed by atoms with Gasteiger partial charge in [0, 0.05) is 40.3 Å². The number of rotatable bonds is 11. The van der Waals surface area contributed by atoms with Gasteiger partial charge in [0.05, 0.1) is 42.4 Å². The number of nitrogens with zero attached hydrogens (tertiary/aromatic N) is 2. The van der Waals surface area contributed by atoms with E-state index in [4.69, 9.17) is 89.9 Å². The average molecular weight is 1080 g/mol. The molecule has 2 saturated carbocycles. The molecule has 0 unspecified atom stereocenters. The maximum Gasteiger partial charge on any atom is 0.494 e. The zero-order valence-corrected chi connectivity index (χ0v) is 43.3. The van der Waals surface area contributed by atoms with E-state index in [-0.39, 0.29) is 48.9 Å². The van der Waals surface area contributed by atoms with Crippen molar-refractivity contribution >= 4 is 80.5 Å². The van der Waals surface area contributed by atoms with Gasteiger partial charge in [-0.05, 0) is 131 Å². The zero-order chi connectivity index (χ0) is 52.4. The highest BCUT2D eigenvalue weighted by molar-refractivity contribution is 6.62. The molecule has 6 aromatic carbocycles. The third-order valence-electron chi connectivity index (χ3n) is 13.0. The summed E-state index contributed by atoms with van der Waals surface area (Å²) in [4.78, 5) is 0. The molecular weight excluding hydrogens is 1030 g/mol. The lowest BCUT2D eigenvalue weighted by molar-refractivity contribution is -0.176. The van der Waals surface area contributed by atoms with Crippen LogP contribution in [0, 0.1) is 11.6 Å². The van der Waals surface area contributed by atoms with Crippen LogP contribution < -0.4 is 14.9 Å². The summed E-state index contributed by atoms with van der Waals surface area (Å²) in [6.45, 7) is 10.1. The van der Waals surface area contributed by atoms with Crippen molar-refractivity contribution in [2.75, 3.05) is 6.61 Å². The summed E-state index contributed by atoms with van der Waals surface area (Å²) in [5.74, 6) is 1.40. The van der Waals surface area contributed by atoms with E-state index in [9.17, 15) is 9.50 Å². The first-order valence-corrected chi connectivity index (χ1v) is 24.9. The first-order chi connectivity index (χ1) is 35.0. The lowest BCUT2D eigenvalue weighted by Crippen LogP contribution is -2.41. The Bertz CT molecular complexity index is 3220. The number of fused-ring (bicyclic) bond motifs is 2. The number of hydrogen-bond acceptors (Lipinski definition) is 12. The van der Waals surface area contributed by atoms with E-state index in [0.29, 0.717) is 58.8 Å². The predicted octanol–water partition coefficient (Wildman–Crippen LogP) is 14.8. The summed E-state index contributed by atoms with van der Waals surface area (Å²) < 4.78 is 66.1. The van der Waals surface area contributed by atoms with Crippen LogP contribution in [0.5, 0.6) is 17.2 Å². The maximum absolute atomic E-state index is 15.6. The minimum Gasteiger partial charge on any atom is -0.508 e. The third kappa shape index (κ3) is 11.5. The van der Waals surface area contributed by atoms with Gasteiger partial charge in [-0.2, -0.15) is 0 Å². The summed E-state index contributed by atoms with van der Waals surface area (Å²) in [5.41, 5.74) is 3.58. The Morgan fingerprint density at radius 2 is 1.01 bits per heavy atom. The van der Waals surface area contributed by atoms with Crippen molar-refractivity contribution in [2.24, 2.45) is 0 Å². The Morgan fingerprint density at radius 3 is 1.42 bits per heavy atom. The van der Waals surface area contributed by atoms with E-state index >= 15 is 4.39 Å². The van der Waals surface area contributed by atoms with Gasteiger partial charge in [-0.25, -0.2) is 8.78 Å². The fourth-order valence-corrected chi connectivity index (χ4v) is 9.45. The van der Waals surface area contributed by atoms with E-state index in [0.717, 1.165) is 59.2 Å². The maximum atomic E-state index is 15.6. The third-order valence-corrected chi connectivity index (χ3v) is 14.3. The Balaban J connectivity index is 0.000000183. The lowest BCUT2D eigenvalue weighted by Gasteiger charge is -2.32. The van der Waals surface area contributed by atoms with Gasteiger partial charge in [0.2, 0.25) is 0 Å². The predicted molar refractivity (Wildman–Crippen MR) is 280 cm³/mol. The van der Waals surface area contributed by atoms with Crippen LogP contribution in [0.2, 0.25) is 20.1 Å². The molecule has 19 heteroatoms. The van der Waals surface area contributed by atoms with Gasteiger partial charge >= 0.3 is 7.12 Å². The first-order valence-electron chi connectivity index (χ1n) is 23.4. The average Bonchev–Trinajstić information content (AvgIpc) is 4.29. The molecule has 0 spiro atoms. The second-order valence-electron chi connectivity index (χ2n) is 18.6. The second-order valence-corrected chi connectivity index (χ2v) is 20.2. The summed E-state index contributed by atoms with van der Waals surface area (Å²) in [5, 5.41) is 41.6. The van der Waals surface area contributed by atoms with Crippen LogP contribution in [0.4, 0.5) is 8.78 Å². The number of hydrogen-bond donors (Lipinski definition) is 4. The Labute approximate surface area is 440 Å². The standard InChI is InChI=1S/C29H27BCl2FNO4.C23H16Cl2FNO3.C2H6O.H2O2/c1-28(2)29(3,4)38-30(37-28)18-11-12-19-17(14-18)10-13-23(25(19)33)35-15-20-26(34-36-27(20)16-8-9-16)24-21(31)6-5-7-22(24)32;24-17-2-1-3-18(25)20(17)22-16(23(30-27-22)12-4-5-12)11-29-19-9-6-13-10-14(28)7-8-15(13)21(19)26;1-2-3;1-2/h5-7,10-14,16H,8-9,15H2,1-4H3;1-3,6-10,12,28H,4-5,11H2;3H,2H2,1H3;1-2H. The van der Waals surface area contributed by atoms with Gasteiger partial charge in [0.15, 0.2) is 23.1 Å². The molecule has 3 heterocycles. The molecule has 1 aliphatic heterocycles. The van der Waals surface area contributed by atoms with Crippen LogP contribution in [0.1, 0.15) is 94.8 Å². The molecule has 2 aliphatic carbocycles. The Kier molecular flexibility index (Phi) is 16.6. The minimum absolute atomic E-state index is 0.0622.